The van der Waals surface area contributed by atoms with Crippen LogP contribution in [0.1, 0.15) is 54.3 Å². The Morgan fingerprint density at radius 3 is 2.26 bits per heavy atom. The predicted octanol–water partition coefficient (Wildman–Crippen LogP) is 1.94. The number of hydrogen-bond acceptors (Lipinski definition) is 3. The number of rotatable bonds is 4. The first-order valence-corrected chi connectivity index (χ1v) is 8.25. The Bertz CT molecular complexity index is 540. The van der Waals surface area contributed by atoms with Crippen molar-refractivity contribution in [2.45, 2.75) is 39.7 Å². The zero-order chi connectivity index (χ0) is 16.9. The maximum absolute atomic E-state index is 12.2. The van der Waals surface area contributed by atoms with Gasteiger partial charge >= 0.3 is 0 Å². The summed E-state index contributed by atoms with van der Waals surface area (Å²) in [6.45, 7) is 8.66. The molecule has 0 radical (unpaired) electrons. The highest BCUT2D eigenvalue weighted by Gasteiger charge is 2.17. The minimum Gasteiger partial charge on any atom is -0.352 e. The van der Waals surface area contributed by atoms with Crippen LogP contribution in [0.5, 0.6) is 0 Å². The Balaban J connectivity index is 1.90. The van der Waals surface area contributed by atoms with E-state index in [1.54, 1.807) is 24.3 Å². The van der Waals surface area contributed by atoms with E-state index in [-0.39, 0.29) is 23.3 Å². The average Bonchev–Trinajstić information content (AvgIpc) is 2.53. The van der Waals surface area contributed by atoms with E-state index in [2.05, 4.69) is 36.7 Å². The third-order valence-corrected chi connectivity index (χ3v) is 3.82. The molecule has 1 saturated heterocycles. The Morgan fingerprint density at radius 1 is 1.13 bits per heavy atom. The quantitative estimate of drug-likeness (QED) is 0.795. The van der Waals surface area contributed by atoms with Crippen molar-refractivity contribution in [3.63, 3.8) is 0 Å². The number of amides is 2. The van der Waals surface area contributed by atoms with E-state index in [1.807, 2.05) is 0 Å². The summed E-state index contributed by atoms with van der Waals surface area (Å²) >= 11 is 0. The van der Waals surface area contributed by atoms with Crippen LogP contribution in [-0.2, 0) is 0 Å². The lowest BCUT2D eigenvalue weighted by Crippen LogP contribution is -2.45. The van der Waals surface area contributed by atoms with Crippen molar-refractivity contribution in [1.82, 2.24) is 16.0 Å². The number of carbonyl (C=O) groups excluding carboxylic acids is 2. The number of piperidine rings is 1. The fourth-order valence-corrected chi connectivity index (χ4v) is 2.46. The number of carbonyl (C=O) groups is 2. The van der Waals surface area contributed by atoms with Crippen molar-refractivity contribution in [3.05, 3.63) is 35.4 Å². The summed E-state index contributed by atoms with van der Waals surface area (Å²) in [5, 5.41) is 9.21. The Labute approximate surface area is 138 Å². The van der Waals surface area contributed by atoms with E-state index >= 15 is 0 Å². The highest BCUT2D eigenvalue weighted by molar-refractivity contribution is 5.97. The van der Waals surface area contributed by atoms with Gasteiger partial charge in [-0.1, -0.05) is 20.8 Å². The van der Waals surface area contributed by atoms with Crippen molar-refractivity contribution in [2.75, 3.05) is 19.6 Å². The molecule has 5 heteroatoms. The summed E-state index contributed by atoms with van der Waals surface area (Å²) < 4.78 is 0. The van der Waals surface area contributed by atoms with Gasteiger partial charge in [0, 0.05) is 30.3 Å². The van der Waals surface area contributed by atoms with Gasteiger partial charge in [-0.05, 0) is 49.1 Å². The van der Waals surface area contributed by atoms with Gasteiger partial charge in [-0.25, -0.2) is 0 Å². The van der Waals surface area contributed by atoms with E-state index in [1.165, 1.54) is 0 Å². The number of nitrogens with one attached hydrogen (secondary N) is 3. The molecule has 1 aromatic rings. The van der Waals surface area contributed by atoms with E-state index in [4.69, 9.17) is 0 Å². The summed E-state index contributed by atoms with van der Waals surface area (Å²) in [6, 6.07) is 7.00. The topological polar surface area (TPSA) is 70.2 Å². The van der Waals surface area contributed by atoms with Crippen LogP contribution in [0.25, 0.3) is 0 Å². The van der Waals surface area contributed by atoms with Gasteiger partial charge in [0.05, 0.1) is 0 Å². The highest BCUT2D eigenvalue weighted by atomic mass is 16.2. The lowest BCUT2D eigenvalue weighted by Gasteiger charge is -2.23. The maximum atomic E-state index is 12.2. The lowest BCUT2D eigenvalue weighted by molar-refractivity contribution is 0.0922. The minimum atomic E-state index is -0.108. The Kier molecular flexibility index (Phi) is 5.77. The van der Waals surface area contributed by atoms with Crippen molar-refractivity contribution in [1.29, 1.82) is 0 Å². The van der Waals surface area contributed by atoms with Gasteiger partial charge in [0.2, 0.25) is 0 Å². The van der Waals surface area contributed by atoms with E-state index in [9.17, 15) is 9.59 Å². The van der Waals surface area contributed by atoms with Crippen LogP contribution in [0.4, 0.5) is 0 Å². The first-order valence-electron chi connectivity index (χ1n) is 8.25. The molecule has 1 atom stereocenters. The fraction of sp³-hybridized carbons (Fsp3) is 0.556. The van der Waals surface area contributed by atoms with Crippen LogP contribution in [-0.4, -0.2) is 37.5 Å². The first-order chi connectivity index (χ1) is 10.8. The third-order valence-electron chi connectivity index (χ3n) is 3.82. The molecule has 0 saturated carbocycles. The molecule has 1 aliphatic rings. The number of benzene rings is 1. The van der Waals surface area contributed by atoms with Gasteiger partial charge in [-0.3, -0.25) is 9.59 Å². The maximum Gasteiger partial charge on any atom is 0.251 e. The van der Waals surface area contributed by atoms with Crippen LogP contribution in [0, 0.1) is 5.41 Å². The minimum absolute atomic E-state index is 0.0452. The second-order valence-electron chi connectivity index (χ2n) is 7.34. The largest absolute Gasteiger partial charge is 0.352 e. The molecule has 5 nitrogen and oxygen atoms in total. The van der Waals surface area contributed by atoms with E-state index < -0.39 is 0 Å². The predicted molar refractivity (Wildman–Crippen MR) is 91.6 cm³/mol. The second kappa shape index (κ2) is 7.59. The SMILES string of the molecule is CC(C)(C)CNC(=O)c1ccc(C(=O)N[C@H]2CCCNC2)cc1. The molecule has 23 heavy (non-hydrogen) atoms. The zero-order valence-corrected chi connectivity index (χ0v) is 14.2. The van der Waals surface area contributed by atoms with Crippen molar-refractivity contribution >= 4 is 11.8 Å². The molecule has 1 fully saturated rings. The second-order valence-corrected chi connectivity index (χ2v) is 7.34. The molecule has 0 unspecified atom stereocenters. The van der Waals surface area contributed by atoms with Crippen LogP contribution in [0.15, 0.2) is 24.3 Å². The molecule has 3 N–H and O–H groups in total. The molecule has 0 spiro atoms. The zero-order valence-electron chi connectivity index (χ0n) is 14.2. The smallest absolute Gasteiger partial charge is 0.251 e. The molecular weight excluding hydrogens is 290 g/mol. The van der Waals surface area contributed by atoms with E-state index in [0.717, 1.165) is 25.9 Å². The fourth-order valence-electron chi connectivity index (χ4n) is 2.46. The monoisotopic (exact) mass is 317 g/mol. The van der Waals surface area contributed by atoms with Gasteiger partial charge in [-0.15, -0.1) is 0 Å². The standard InChI is InChI=1S/C18H27N3O2/c1-18(2,3)12-20-16(22)13-6-8-14(9-7-13)17(23)21-15-5-4-10-19-11-15/h6-9,15,19H,4-5,10-12H2,1-3H3,(H,20,22)(H,21,23)/t15-/m0/s1. The van der Waals surface area contributed by atoms with Crippen molar-refractivity contribution in [2.24, 2.45) is 5.41 Å². The third kappa shape index (κ3) is 5.67. The number of hydrogen-bond donors (Lipinski definition) is 3. The molecule has 2 amide bonds. The molecule has 1 heterocycles. The molecule has 1 aromatic carbocycles. The normalized spacial score (nSPS) is 18.3. The lowest BCUT2D eigenvalue weighted by atomic mass is 9.97. The molecule has 2 rings (SSSR count). The van der Waals surface area contributed by atoms with Crippen molar-refractivity contribution < 1.29 is 9.59 Å². The highest BCUT2D eigenvalue weighted by Crippen LogP contribution is 2.11. The van der Waals surface area contributed by atoms with E-state index in [0.29, 0.717) is 17.7 Å². The molecule has 1 aliphatic heterocycles. The Morgan fingerprint density at radius 2 is 1.74 bits per heavy atom. The van der Waals surface area contributed by atoms with Crippen LogP contribution >= 0.6 is 0 Å². The van der Waals surface area contributed by atoms with Gasteiger partial charge in [-0.2, -0.15) is 0 Å². The summed E-state index contributed by atoms with van der Waals surface area (Å²) in [5.41, 5.74) is 1.21. The summed E-state index contributed by atoms with van der Waals surface area (Å²) in [6.07, 6.45) is 2.09. The summed E-state index contributed by atoms with van der Waals surface area (Å²) in [7, 11) is 0. The summed E-state index contributed by atoms with van der Waals surface area (Å²) in [4.78, 5) is 24.3. The molecule has 0 bridgehead atoms. The summed E-state index contributed by atoms with van der Waals surface area (Å²) in [5.74, 6) is -0.191. The molecular formula is C18H27N3O2. The molecule has 126 valence electrons. The van der Waals surface area contributed by atoms with Gasteiger partial charge in [0.1, 0.15) is 0 Å². The molecule has 0 aromatic heterocycles. The molecule has 0 aliphatic carbocycles. The van der Waals surface area contributed by atoms with Gasteiger partial charge in [0.25, 0.3) is 11.8 Å². The van der Waals surface area contributed by atoms with Crippen LogP contribution in [0.2, 0.25) is 0 Å². The Hall–Kier alpha value is -1.88. The van der Waals surface area contributed by atoms with Crippen LogP contribution in [0.3, 0.4) is 0 Å². The van der Waals surface area contributed by atoms with Crippen molar-refractivity contribution in [3.8, 4) is 0 Å². The van der Waals surface area contributed by atoms with Gasteiger partial charge in [0.15, 0.2) is 0 Å². The average molecular weight is 317 g/mol. The first kappa shape index (κ1) is 17.5. The van der Waals surface area contributed by atoms with Crippen LogP contribution < -0.4 is 16.0 Å². The van der Waals surface area contributed by atoms with Gasteiger partial charge < -0.3 is 16.0 Å².